The summed E-state index contributed by atoms with van der Waals surface area (Å²) in [6.45, 7) is 7.72. The van der Waals surface area contributed by atoms with Crippen LogP contribution in [0.1, 0.15) is 71.2 Å². The van der Waals surface area contributed by atoms with Gasteiger partial charge in [-0.3, -0.25) is 14.6 Å². The van der Waals surface area contributed by atoms with Crippen LogP contribution >= 0.6 is 0 Å². The summed E-state index contributed by atoms with van der Waals surface area (Å²) >= 11 is 0. The normalized spacial score (nSPS) is 17.2. The van der Waals surface area contributed by atoms with Crippen molar-refractivity contribution >= 4 is 11.7 Å². The Bertz CT molecular complexity index is 790. The molecule has 0 unspecified atom stereocenters. The summed E-state index contributed by atoms with van der Waals surface area (Å²) in [5, 5.41) is 2.89. The first-order chi connectivity index (χ1) is 11.3. The Kier molecular flexibility index (Phi) is 4.03. The molecule has 24 heavy (non-hydrogen) atoms. The molecular formula is C19H22N2O3. The molecular weight excluding hydrogens is 304 g/mol. The fourth-order valence-electron chi connectivity index (χ4n) is 3.27. The largest absolute Gasteiger partial charge is 0.455 e. The number of rotatable bonds is 3. The van der Waals surface area contributed by atoms with E-state index in [1.807, 2.05) is 39.0 Å². The van der Waals surface area contributed by atoms with Gasteiger partial charge in [-0.15, -0.1) is 0 Å². The molecule has 1 aliphatic carbocycles. The average molecular weight is 326 g/mol. The van der Waals surface area contributed by atoms with Crippen LogP contribution in [-0.4, -0.2) is 16.7 Å². The average Bonchev–Trinajstić information content (AvgIpc) is 2.83. The Morgan fingerprint density at radius 2 is 2.08 bits per heavy atom. The molecule has 5 heteroatoms. The van der Waals surface area contributed by atoms with Gasteiger partial charge in [-0.25, -0.2) is 0 Å². The molecule has 0 aliphatic heterocycles. The van der Waals surface area contributed by atoms with Gasteiger partial charge >= 0.3 is 0 Å². The number of ketones is 1. The summed E-state index contributed by atoms with van der Waals surface area (Å²) in [5.74, 6) is 0.600. The third-order valence-corrected chi connectivity index (χ3v) is 4.46. The number of Topliss-reactive ketones (excluding diaryl/α,β-unsaturated/α-hetero) is 1. The van der Waals surface area contributed by atoms with Crippen LogP contribution in [0.5, 0.6) is 0 Å². The number of carbonyl (C=O) groups excluding carboxylic acids is 2. The molecule has 1 N–H and O–H groups in total. The lowest BCUT2D eigenvalue weighted by atomic mass is 9.76. The summed E-state index contributed by atoms with van der Waals surface area (Å²) in [6.07, 6.45) is 2.83. The van der Waals surface area contributed by atoms with E-state index in [1.165, 1.54) is 0 Å². The van der Waals surface area contributed by atoms with Gasteiger partial charge in [0.1, 0.15) is 5.76 Å². The van der Waals surface area contributed by atoms with Crippen molar-refractivity contribution in [3.63, 3.8) is 0 Å². The predicted molar refractivity (Wildman–Crippen MR) is 90.0 cm³/mol. The second-order valence-electron chi connectivity index (χ2n) is 7.25. The standard InChI is InChI=1S/C19H22N2O3/c1-11-16-14(22)9-19(3,4)10-15(16)24-17(11)18(23)21-12(2)13-7-5-6-8-20-13/h5-8,12H,9-10H2,1-4H3,(H,21,23)/t12-/m1/s1. The quantitative estimate of drug-likeness (QED) is 0.935. The lowest BCUT2D eigenvalue weighted by Crippen LogP contribution is -2.27. The molecule has 0 radical (unpaired) electrons. The van der Waals surface area contributed by atoms with E-state index >= 15 is 0 Å². The summed E-state index contributed by atoms with van der Waals surface area (Å²) in [6, 6.07) is 5.32. The summed E-state index contributed by atoms with van der Waals surface area (Å²) in [7, 11) is 0. The highest BCUT2D eigenvalue weighted by atomic mass is 16.4. The number of nitrogens with zero attached hydrogens (tertiary/aromatic N) is 1. The van der Waals surface area contributed by atoms with Crippen molar-refractivity contribution in [2.45, 2.75) is 46.6 Å². The van der Waals surface area contributed by atoms with E-state index in [-0.39, 0.29) is 28.9 Å². The molecule has 0 saturated carbocycles. The molecule has 3 rings (SSSR count). The van der Waals surface area contributed by atoms with Crippen molar-refractivity contribution in [1.29, 1.82) is 0 Å². The molecule has 5 nitrogen and oxygen atoms in total. The Balaban J connectivity index is 1.86. The van der Waals surface area contributed by atoms with Crippen LogP contribution in [0, 0.1) is 12.3 Å². The first-order valence-electron chi connectivity index (χ1n) is 8.16. The molecule has 0 aromatic carbocycles. The SMILES string of the molecule is Cc1c(C(=O)N[C@H](C)c2ccccn2)oc2c1C(=O)CC(C)(C)C2. The lowest BCUT2D eigenvalue weighted by Gasteiger charge is -2.27. The number of furan rings is 1. The van der Waals surface area contributed by atoms with Crippen molar-refractivity contribution in [2.24, 2.45) is 5.41 Å². The number of hydrogen-bond acceptors (Lipinski definition) is 4. The van der Waals surface area contributed by atoms with E-state index in [0.717, 1.165) is 5.69 Å². The predicted octanol–water partition coefficient (Wildman–Crippen LogP) is 3.63. The van der Waals surface area contributed by atoms with Crippen LogP contribution in [0.25, 0.3) is 0 Å². The molecule has 2 aromatic rings. The molecule has 2 aromatic heterocycles. The monoisotopic (exact) mass is 326 g/mol. The van der Waals surface area contributed by atoms with E-state index in [9.17, 15) is 9.59 Å². The number of aromatic nitrogens is 1. The first kappa shape index (κ1) is 16.4. The van der Waals surface area contributed by atoms with Gasteiger partial charge in [0, 0.05) is 24.6 Å². The van der Waals surface area contributed by atoms with Crippen LogP contribution in [0.15, 0.2) is 28.8 Å². The van der Waals surface area contributed by atoms with Crippen LogP contribution in [0.2, 0.25) is 0 Å². The highest BCUT2D eigenvalue weighted by molar-refractivity contribution is 6.03. The molecule has 2 heterocycles. The fourth-order valence-corrected chi connectivity index (χ4v) is 3.27. The van der Waals surface area contributed by atoms with E-state index in [4.69, 9.17) is 4.42 Å². The van der Waals surface area contributed by atoms with Crippen LogP contribution in [-0.2, 0) is 6.42 Å². The molecule has 1 atom stereocenters. The minimum Gasteiger partial charge on any atom is -0.455 e. The summed E-state index contributed by atoms with van der Waals surface area (Å²) in [5.41, 5.74) is 1.86. The van der Waals surface area contributed by atoms with Crippen molar-refractivity contribution in [2.75, 3.05) is 0 Å². The van der Waals surface area contributed by atoms with E-state index in [0.29, 0.717) is 29.7 Å². The van der Waals surface area contributed by atoms with Crippen LogP contribution in [0.3, 0.4) is 0 Å². The highest BCUT2D eigenvalue weighted by Gasteiger charge is 2.37. The maximum absolute atomic E-state index is 12.6. The van der Waals surface area contributed by atoms with Crippen molar-refractivity contribution in [3.8, 4) is 0 Å². The van der Waals surface area contributed by atoms with Gasteiger partial charge in [-0.2, -0.15) is 0 Å². The second kappa shape index (κ2) is 5.89. The Morgan fingerprint density at radius 3 is 2.75 bits per heavy atom. The van der Waals surface area contributed by atoms with Gasteiger partial charge in [-0.1, -0.05) is 19.9 Å². The van der Waals surface area contributed by atoms with Gasteiger partial charge in [0.15, 0.2) is 11.5 Å². The van der Waals surface area contributed by atoms with Gasteiger partial charge < -0.3 is 9.73 Å². The highest BCUT2D eigenvalue weighted by Crippen LogP contribution is 2.38. The maximum atomic E-state index is 12.6. The number of pyridine rings is 1. The van der Waals surface area contributed by atoms with E-state index < -0.39 is 0 Å². The number of amides is 1. The number of fused-ring (bicyclic) bond motifs is 1. The first-order valence-corrected chi connectivity index (χ1v) is 8.16. The third-order valence-electron chi connectivity index (χ3n) is 4.46. The van der Waals surface area contributed by atoms with Gasteiger partial charge in [0.05, 0.1) is 17.3 Å². The molecule has 1 amide bonds. The second-order valence-corrected chi connectivity index (χ2v) is 7.25. The number of nitrogens with one attached hydrogen (secondary N) is 1. The van der Waals surface area contributed by atoms with Crippen LogP contribution in [0.4, 0.5) is 0 Å². The molecule has 126 valence electrons. The Hall–Kier alpha value is -2.43. The molecule has 0 fully saturated rings. The van der Waals surface area contributed by atoms with E-state index in [2.05, 4.69) is 10.3 Å². The minimum absolute atomic E-state index is 0.0549. The van der Waals surface area contributed by atoms with Gasteiger partial charge in [0.2, 0.25) is 0 Å². The van der Waals surface area contributed by atoms with E-state index in [1.54, 1.807) is 13.1 Å². The Labute approximate surface area is 141 Å². The summed E-state index contributed by atoms with van der Waals surface area (Å²) in [4.78, 5) is 29.2. The maximum Gasteiger partial charge on any atom is 0.287 e. The van der Waals surface area contributed by atoms with Gasteiger partial charge in [0.25, 0.3) is 5.91 Å². The molecule has 0 saturated heterocycles. The fraction of sp³-hybridized carbons (Fsp3) is 0.421. The van der Waals surface area contributed by atoms with Gasteiger partial charge in [-0.05, 0) is 31.4 Å². The topological polar surface area (TPSA) is 72.2 Å². The summed E-state index contributed by atoms with van der Waals surface area (Å²) < 4.78 is 5.79. The zero-order valence-electron chi connectivity index (χ0n) is 14.5. The molecule has 0 spiro atoms. The van der Waals surface area contributed by atoms with Crippen molar-refractivity contribution < 1.29 is 14.0 Å². The number of carbonyl (C=O) groups is 2. The van der Waals surface area contributed by atoms with Crippen molar-refractivity contribution in [3.05, 3.63) is 52.7 Å². The zero-order valence-corrected chi connectivity index (χ0v) is 14.5. The third kappa shape index (κ3) is 2.98. The lowest BCUT2D eigenvalue weighted by molar-refractivity contribution is 0.0883. The smallest absolute Gasteiger partial charge is 0.287 e. The molecule has 1 aliphatic rings. The van der Waals surface area contributed by atoms with Crippen LogP contribution < -0.4 is 5.32 Å². The Morgan fingerprint density at radius 1 is 1.33 bits per heavy atom. The number of hydrogen-bond donors (Lipinski definition) is 1. The van der Waals surface area contributed by atoms with Crippen molar-refractivity contribution in [1.82, 2.24) is 10.3 Å². The molecule has 0 bridgehead atoms. The minimum atomic E-state index is -0.314. The zero-order chi connectivity index (χ0) is 17.5.